The number of sulfonamides is 1. The van der Waals surface area contributed by atoms with Crippen molar-refractivity contribution in [2.24, 2.45) is 11.8 Å². The second-order valence-corrected chi connectivity index (χ2v) is 11.6. The maximum Gasteiger partial charge on any atom is 0.251 e. The monoisotopic (exact) mass is 467 g/mol. The number of amides is 1. The van der Waals surface area contributed by atoms with E-state index >= 15 is 0 Å². The van der Waals surface area contributed by atoms with Crippen molar-refractivity contribution in [2.45, 2.75) is 44.6 Å². The van der Waals surface area contributed by atoms with E-state index in [1.165, 1.54) is 17.5 Å². The molecule has 0 radical (unpaired) electrons. The summed E-state index contributed by atoms with van der Waals surface area (Å²) in [5, 5.41) is 2.98. The Bertz CT molecular complexity index is 902. The highest BCUT2D eigenvalue weighted by molar-refractivity contribution is 7.89. The Morgan fingerprint density at radius 2 is 1.81 bits per heavy atom. The largest absolute Gasteiger partial charge is 0.495 e. The van der Waals surface area contributed by atoms with Crippen LogP contribution in [0.4, 0.5) is 0 Å². The molecule has 0 aliphatic carbocycles. The third-order valence-electron chi connectivity index (χ3n) is 6.43. The third-order valence-corrected chi connectivity index (χ3v) is 8.28. The summed E-state index contributed by atoms with van der Waals surface area (Å²) in [4.78, 5) is 15.3. The number of hydrogen-bond donors (Lipinski definition) is 1. The average molecular weight is 468 g/mol. The molecular formula is C23H37N3O5S. The minimum Gasteiger partial charge on any atom is -0.495 e. The Morgan fingerprint density at radius 3 is 2.41 bits per heavy atom. The predicted molar refractivity (Wildman–Crippen MR) is 124 cm³/mol. The zero-order valence-corrected chi connectivity index (χ0v) is 20.7. The van der Waals surface area contributed by atoms with Gasteiger partial charge in [-0.25, -0.2) is 8.42 Å². The molecule has 180 valence electrons. The van der Waals surface area contributed by atoms with Crippen LogP contribution in [-0.2, 0) is 14.8 Å². The van der Waals surface area contributed by atoms with Crippen LogP contribution in [0.25, 0.3) is 0 Å². The van der Waals surface area contributed by atoms with Crippen LogP contribution in [0, 0.1) is 11.8 Å². The van der Waals surface area contributed by atoms with Crippen LogP contribution >= 0.6 is 0 Å². The Balaban J connectivity index is 1.78. The fourth-order valence-electron chi connectivity index (χ4n) is 4.64. The molecule has 2 atom stereocenters. The SMILES string of the molecule is COc1ccc(C(=O)NCC(C)(C)N2CCOCC2)cc1S(=O)(=O)N1C[C@H](C)C[C@H](C)C1. The third kappa shape index (κ3) is 5.62. The second-order valence-electron chi connectivity index (χ2n) is 9.73. The molecule has 0 bridgehead atoms. The van der Waals surface area contributed by atoms with Crippen LogP contribution in [0.1, 0.15) is 44.5 Å². The molecule has 0 spiro atoms. The number of benzene rings is 1. The van der Waals surface area contributed by atoms with Crippen LogP contribution in [0.3, 0.4) is 0 Å². The number of nitrogens with one attached hydrogen (secondary N) is 1. The van der Waals surface area contributed by atoms with Crippen molar-refractivity contribution in [3.05, 3.63) is 23.8 Å². The molecule has 8 nitrogen and oxygen atoms in total. The summed E-state index contributed by atoms with van der Waals surface area (Å²) in [7, 11) is -2.34. The number of hydrogen-bond acceptors (Lipinski definition) is 6. The van der Waals surface area contributed by atoms with Crippen LogP contribution in [0.2, 0.25) is 0 Å². The molecule has 1 aromatic carbocycles. The van der Waals surface area contributed by atoms with Crippen molar-refractivity contribution in [1.29, 1.82) is 0 Å². The lowest BCUT2D eigenvalue weighted by Gasteiger charge is -2.40. The first-order chi connectivity index (χ1) is 15.0. The molecule has 2 saturated heterocycles. The van der Waals surface area contributed by atoms with Gasteiger partial charge < -0.3 is 14.8 Å². The summed E-state index contributed by atoms with van der Waals surface area (Å²) in [5.74, 6) is 0.522. The van der Waals surface area contributed by atoms with E-state index < -0.39 is 10.0 Å². The molecule has 0 aromatic heterocycles. The van der Waals surface area contributed by atoms with Gasteiger partial charge in [-0.2, -0.15) is 4.31 Å². The first kappa shape index (κ1) is 25.0. The van der Waals surface area contributed by atoms with E-state index in [1.54, 1.807) is 12.1 Å². The lowest BCUT2D eigenvalue weighted by atomic mass is 9.94. The van der Waals surface area contributed by atoms with E-state index in [0.29, 0.717) is 38.4 Å². The smallest absolute Gasteiger partial charge is 0.251 e. The minimum atomic E-state index is -3.78. The minimum absolute atomic E-state index is 0.0430. The van der Waals surface area contributed by atoms with Gasteiger partial charge in [0, 0.05) is 43.8 Å². The molecule has 1 N–H and O–H groups in total. The maximum atomic E-state index is 13.5. The lowest BCUT2D eigenvalue weighted by Crippen LogP contribution is -2.55. The van der Waals surface area contributed by atoms with Crippen molar-refractivity contribution in [1.82, 2.24) is 14.5 Å². The summed E-state index contributed by atoms with van der Waals surface area (Å²) < 4.78 is 39.2. The van der Waals surface area contributed by atoms with E-state index in [4.69, 9.17) is 9.47 Å². The zero-order chi connectivity index (χ0) is 23.5. The predicted octanol–water partition coefficient (Wildman–Crippen LogP) is 2.20. The zero-order valence-electron chi connectivity index (χ0n) is 19.9. The quantitative estimate of drug-likeness (QED) is 0.662. The summed E-state index contributed by atoms with van der Waals surface area (Å²) >= 11 is 0. The van der Waals surface area contributed by atoms with Gasteiger partial charge in [0.1, 0.15) is 10.6 Å². The number of carbonyl (C=O) groups is 1. The number of piperidine rings is 1. The molecule has 1 amide bonds. The van der Waals surface area contributed by atoms with Gasteiger partial charge in [0.05, 0.1) is 20.3 Å². The van der Waals surface area contributed by atoms with Crippen LogP contribution < -0.4 is 10.1 Å². The van der Waals surface area contributed by atoms with Gasteiger partial charge in [0.15, 0.2) is 0 Å². The van der Waals surface area contributed by atoms with Gasteiger partial charge >= 0.3 is 0 Å². The van der Waals surface area contributed by atoms with Gasteiger partial charge in [-0.1, -0.05) is 13.8 Å². The number of rotatable bonds is 7. The Hall–Kier alpha value is -1.68. The van der Waals surface area contributed by atoms with Gasteiger partial charge in [0.25, 0.3) is 5.91 Å². The summed E-state index contributed by atoms with van der Waals surface area (Å²) in [6.07, 6.45) is 1.00. The number of nitrogens with zero attached hydrogens (tertiary/aromatic N) is 2. The van der Waals surface area contributed by atoms with Crippen molar-refractivity contribution in [2.75, 3.05) is 53.0 Å². The highest BCUT2D eigenvalue weighted by Crippen LogP contribution is 2.32. The van der Waals surface area contributed by atoms with E-state index in [0.717, 1.165) is 19.5 Å². The van der Waals surface area contributed by atoms with Crippen LogP contribution in [-0.4, -0.2) is 82.1 Å². The average Bonchev–Trinajstić information content (AvgIpc) is 2.77. The number of ether oxygens (including phenoxy) is 2. The Kier molecular flexibility index (Phi) is 7.85. The Morgan fingerprint density at radius 1 is 1.19 bits per heavy atom. The van der Waals surface area contributed by atoms with Gasteiger partial charge in [-0.05, 0) is 50.3 Å². The highest BCUT2D eigenvalue weighted by Gasteiger charge is 2.34. The second kappa shape index (κ2) is 10.1. The lowest BCUT2D eigenvalue weighted by molar-refractivity contribution is -0.00923. The van der Waals surface area contributed by atoms with Gasteiger partial charge in [-0.3, -0.25) is 9.69 Å². The van der Waals surface area contributed by atoms with E-state index in [1.807, 2.05) is 0 Å². The number of morpholine rings is 1. The molecule has 2 fully saturated rings. The fourth-order valence-corrected chi connectivity index (χ4v) is 6.50. The standard InChI is InChI=1S/C23H37N3O5S/c1-17-12-18(2)15-26(14-17)32(28,29)21-13-19(6-7-20(21)30-5)22(27)24-16-23(3,4)25-8-10-31-11-9-25/h6-7,13,17-18H,8-12,14-16H2,1-5H3,(H,24,27)/t17-,18+. The molecule has 1 aromatic rings. The van der Waals surface area contributed by atoms with Gasteiger partial charge in [0.2, 0.25) is 10.0 Å². The first-order valence-electron chi connectivity index (χ1n) is 11.3. The van der Waals surface area contributed by atoms with Crippen molar-refractivity contribution in [3.63, 3.8) is 0 Å². The molecular weight excluding hydrogens is 430 g/mol. The van der Waals surface area contributed by atoms with Crippen molar-refractivity contribution in [3.8, 4) is 5.75 Å². The first-order valence-corrected chi connectivity index (χ1v) is 12.8. The molecule has 2 aliphatic heterocycles. The van der Waals surface area contributed by atoms with E-state index in [2.05, 4.69) is 37.9 Å². The van der Waals surface area contributed by atoms with Gasteiger partial charge in [-0.15, -0.1) is 0 Å². The maximum absolute atomic E-state index is 13.5. The van der Waals surface area contributed by atoms with Crippen LogP contribution in [0.15, 0.2) is 23.1 Å². The Labute approximate surface area is 192 Å². The molecule has 3 rings (SSSR count). The van der Waals surface area contributed by atoms with Crippen LogP contribution in [0.5, 0.6) is 5.75 Å². The molecule has 0 saturated carbocycles. The van der Waals surface area contributed by atoms with Crippen molar-refractivity contribution >= 4 is 15.9 Å². The van der Waals surface area contributed by atoms with E-state index in [9.17, 15) is 13.2 Å². The molecule has 9 heteroatoms. The number of methoxy groups -OCH3 is 1. The molecule has 0 unspecified atom stereocenters. The van der Waals surface area contributed by atoms with E-state index in [-0.39, 0.29) is 33.9 Å². The summed E-state index contributed by atoms with van der Waals surface area (Å²) in [5.41, 5.74) is 0.0706. The molecule has 2 aliphatic rings. The number of carbonyl (C=O) groups excluding carboxylic acids is 1. The summed E-state index contributed by atoms with van der Waals surface area (Å²) in [6.45, 7) is 12.7. The topological polar surface area (TPSA) is 88.2 Å². The normalized spacial score (nSPS) is 23.7. The van der Waals surface area contributed by atoms with Crippen molar-refractivity contribution < 1.29 is 22.7 Å². The molecule has 2 heterocycles. The molecule has 32 heavy (non-hydrogen) atoms. The summed E-state index contributed by atoms with van der Waals surface area (Å²) in [6, 6.07) is 4.61. The highest BCUT2D eigenvalue weighted by atomic mass is 32.2. The fraction of sp³-hybridized carbons (Fsp3) is 0.696.